The first-order valence-corrected chi connectivity index (χ1v) is 6.40. The van der Waals surface area contributed by atoms with Crippen LogP contribution in [0.25, 0.3) is 0 Å². The molecule has 0 aliphatic carbocycles. The number of rotatable bonds is 2. The van der Waals surface area contributed by atoms with Crippen molar-refractivity contribution in [3.63, 3.8) is 0 Å². The van der Waals surface area contributed by atoms with Gasteiger partial charge in [0, 0.05) is 15.7 Å². The van der Waals surface area contributed by atoms with Crippen LogP contribution in [0.4, 0.5) is 18.9 Å². The van der Waals surface area contributed by atoms with Gasteiger partial charge in [-0.15, -0.1) is 0 Å². The third-order valence-corrected chi connectivity index (χ3v) is 3.03. The van der Waals surface area contributed by atoms with Gasteiger partial charge in [-0.25, -0.2) is 0 Å². The molecular weight excluding hydrogens is 335 g/mol. The van der Waals surface area contributed by atoms with Gasteiger partial charge in [0.2, 0.25) is 0 Å². The summed E-state index contributed by atoms with van der Waals surface area (Å²) in [6.07, 6.45) is -4.43. The molecular formula is C14H9BrF3NO. The number of hydrogen-bond acceptors (Lipinski definition) is 1. The van der Waals surface area contributed by atoms with E-state index in [0.717, 1.165) is 12.1 Å². The predicted octanol–water partition coefficient (Wildman–Crippen LogP) is 4.72. The highest BCUT2D eigenvalue weighted by Gasteiger charge is 2.30. The summed E-state index contributed by atoms with van der Waals surface area (Å²) in [6, 6.07) is 11.1. The van der Waals surface area contributed by atoms with E-state index in [-0.39, 0.29) is 5.69 Å². The fourth-order valence-corrected chi connectivity index (χ4v) is 2.01. The monoisotopic (exact) mass is 343 g/mol. The van der Waals surface area contributed by atoms with Crippen LogP contribution in [0.5, 0.6) is 0 Å². The van der Waals surface area contributed by atoms with Gasteiger partial charge in [0.25, 0.3) is 5.91 Å². The molecule has 0 atom stereocenters. The third kappa shape index (κ3) is 3.60. The number of alkyl halides is 3. The van der Waals surface area contributed by atoms with Crippen LogP contribution in [0.1, 0.15) is 15.9 Å². The number of anilines is 1. The molecule has 2 rings (SSSR count). The smallest absolute Gasteiger partial charge is 0.322 e. The second-order valence-electron chi connectivity index (χ2n) is 4.04. The first-order valence-electron chi connectivity index (χ1n) is 5.60. The van der Waals surface area contributed by atoms with Crippen LogP contribution < -0.4 is 5.32 Å². The van der Waals surface area contributed by atoms with Gasteiger partial charge in [0.1, 0.15) is 0 Å². The zero-order valence-corrected chi connectivity index (χ0v) is 11.6. The molecule has 1 amide bonds. The molecule has 0 heterocycles. The maximum atomic E-state index is 12.6. The number of nitrogens with one attached hydrogen (secondary N) is 1. The van der Waals surface area contributed by atoms with Crippen molar-refractivity contribution in [1.29, 1.82) is 0 Å². The number of carbonyl (C=O) groups is 1. The molecule has 0 unspecified atom stereocenters. The van der Waals surface area contributed by atoms with E-state index in [0.29, 0.717) is 10.0 Å². The van der Waals surface area contributed by atoms with E-state index >= 15 is 0 Å². The fraction of sp³-hybridized carbons (Fsp3) is 0.0714. The molecule has 0 aliphatic rings. The Morgan fingerprint density at radius 3 is 2.40 bits per heavy atom. The van der Waals surface area contributed by atoms with Gasteiger partial charge in [-0.3, -0.25) is 4.79 Å². The average molecular weight is 344 g/mol. The van der Waals surface area contributed by atoms with Gasteiger partial charge < -0.3 is 5.32 Å². The summed E-state index contributed by atoms with van der Waals surface area (Å²) >= 11 is 3.22. The van der Waals surface area contributed by atoms with Crippen molar-refractivity contribution in [3.05, 3.63) is 64.1 Å². The first-order chi connectivity index (χ1) is 9.36. The van der Waals surface area contributed by atoms with Gasteiger partial charge in [-0.2, -0.15) is 13.2 Å². The van der Waals surface area contributed by atoms with Crippen LogP contribution in [0.2, 0.25) is 0 Å². The minimum absolute atomic E-state index is 0.102. The molecule has 0 bridgehead atoms. The molecule has 0 aliphatic heterocycles. The topological polar surface area (TPSA) is 29.1 Å². The summed E-state index contributed by atoms with van der Waals surface area (Å²) in [7, 11) is 0. The normalized spacial score (nSPS) is 11.2. The Kier molecular flexibility index (Phi) is 4.13. The second kappa shape index (κ2) is 5.66. The van der Waals surface area contributed by atoms with Gasteiger partial charge in [0.15, 0.2) is 0 Å². The van der Waals surface area contributed by atoms with Gasteiger partial charge in [-0.05, 0) is 36.4 Å². The van der Waals surface area contributed by atoms with Crippen LogP contribution in [0.15, 0.2) is 53.0 Å². The number of hydrogen-bond donors (Lipinski definition) is 1. The fourth-order valence-electron chi connectivity index (χ4n) is 1.61. The molecule has 2 nitrogen and oxygen atoms in total. The quantitative estimate of drug-likeness (QED) is 0.839. The Morgan fingerprint density at radius 2 is 1.75 bits per heavy atom. The maximum absolute atomic E-state index is 12.6. The van der Waals surface area contributed by atoms with Crippen LogP contribution in [0, 0.1) is 0 Å². The van der Waals surface area contributed by atoms with Gasteiger partial charge >= 0.3 is 6.18 Å². The van der Waals surface area contributed by atoms with Crippen molar-refractivity contribution < 1.29 is 18.0 Å². The molecule has 20 heavy (non-hydrogen) atoms. The molecule has 0 saturated carbocycles. The zero-order valence-electron chi connectivity index (χ0n) is 10.0. The summed E-state index contributed by atoms with van der Waals surface area (Å²) in [4.78, 5) is 11.9. The maximum Gasteiger partial charge on any atom is 0.416 e. The summed E-state index contributed by atoms with van der Waals surface area (Å²) in [5, 5.41) is 2.44. The van der Waals surface area contributed by atoms with Gasteiger partial charge in [-0.1, -0.05) is 28.1 Å². The Labute approximate surface area is 121 Å². The van der Waals surface area contributed by atoms with E-state index < -0.39 is 17.6 Å². The molecule has 2 aromatic carbocycles. The van der Waals surface area contributed by atoms with E-state index in [4.69, 9.17) is 0 Å². The van der Waals surface area contributed by atoms with Crippen molar-refractivity contribution in [2.75, 3.05) is 5.32 Å². The number of halogens is 4. The minimum Gasteiger partial charge on any atom is -0.322 e. The Hall–Kier alpha value is -1.82. The van der Waals surface area contributed by atoms with Crippen molar-refractivity contribution in [2.24, 2.45) is 0 Å². The number of amides is 1. The summed E-state index contributed by atoms with van der Waals surface area (Å²) in [5.41, 5.74) is -0.342. The highest BCUT2D eigenvalue weighted by molar-refractivity contribution is 9.10. The van der Waals surface area contributed by atoms with E-state index in [2.05, 4.69) is 21.2 Å². The van der Waals surface area contributed by atoms with E-state index in [9.17, 15) is 18.0 Å². The van der Waals surface area contributed by atoms with E-state index in [1.165, 1.54) is 12.1 Å². The summed E-state index contributed by atoms with van der Waals surface area (Å²) in [5.74, 6) is -0.467. The Morgan fingerprint density at radius 1 is 1.05 bits per heavy atom. The number of carbonyl (C=O) groups excluding carboxylic acids is 1. The lowest BCUT2D eigenvalue weighted by Gasteiger charge is -2.10. The molecule has 0 radical (unpaired) electrons. The average Bonchev–Trinajstić information content (AvgIpc) is 2.38. The summed E-state index contributed by atoms with van der Waals surface area (Å²) in [6.45, 7) is 0. The Bertz CT molecular complexity index is 640. The van der Waals surface area contributed by atoms with Gasteiger partial charge in [0.05, 0.1) is 5.56 Å². The molecule has 0 aromatic heterocycles. The molecule has 2 aromatic rings. The van der Waals surface area contributed by atoms with Crippen LogP contribution in [-0.4, -0.2) is 5.91 Å². The molecule has 0 fully saturated rings. The second-order valence-corrected chi connectivity index (χ2v) is 4.96. The predicted molar refractivity (Wildman–Crippen MR) is 73.5 cm³/mol. The SMILES string of the molecule is O=C(Nc1cccc(C(F)(F)F)c1)c1cccc(Br)c1. The lowest BCUT2D eigenvalue weighted by Crippen LogP contribution is -2.13. The standard InChI is InChI=1S/C14H9BrF3NO/c15-11-5-1-3-9(7-11)13(20)19-12-6-2-4-10(8-12)14(16,17)18/h1-8H,(H,19,20). The molecule has 104 valence electrons. The zero-order chi connectivity index (χ0) is 14.8. The largest absolute Gasteiger partial charge is 0.416 e. The number of benzene rings is 2. The van der Waals surface area contributed by atoms with Crippen molar-refractivity contribution in [3.8, 4) is 0 Å². The highest BCUT2D eigenvalue weighted by atomic mass is 79.9. The molecule has 6 heteroatoms. The van der Waals surface area contributed by atoms with Crippen molar-refractivity contribution >= 4 is 27.5 Å². The van der Waals surface area contributed by atoms with E-state index in [1.807, 2.05) is 0 Å². The molecule has 0 spiro atoms. The lowest BCUT2D eigenvalue weighted by atomic mass is 10.1. The van der Waals surface area contributed by atoms with Crippen LogP contribution >= 0.6 is 15.9 Å². The lowest BCUT2D eigenvalue weighted by molar-refractivity contribution is -0.137. The summed E-state index contributed by atoms with van der Waals surface area (Å²) < 4.78 is 38.4. The van der Waals surface area contributed by atoms with E-state index in [1.54, 1.807) is 24.3 Å². The highest BCUT2D eigenvalue weighted by Crippen LogP contribution is 2.30. The minimum atomic E-state index is -4.43. The van der Waals surface area contributed by atoms with Crippen molar-refractivity contribution in [1.82, 2.24) is 0 Å². The first kappa shape index (κ1) is 14.6. The van der Waals surface area contributed by atoms with Crippen molar-refractivity contribution in [2.45, 2.75) is 6.18 Å². The molecule has 0 saturated heterocycles. The molecule has 1 N–H and O–H groups in total. The third-order valence-electron chi connectivity index (χ3n) is 2.53. The Balaban J connectivity index is 2.20. The van der Waals surface area contributed by atoms with Crippen LogP contribution in [0.3, 0.4) is 0 Å². The van der Waals surface area contributed by atoms with Crippen LogP contribution in [-0.2, 0) is 6.18 Å².